The van der Waals surface area contributed by atoms with Crippen molar-refractivity contribution in [1.29, 1.82) is 0 Å². The molecule has 0 aliphatic rings. The molecule has 0 spiro atoms. The first-order chi connectivity index (χ1) is 7.51. The van der Waals surface area contributed by atoms with Crippen LogP contribution in [0.3, 0.4) is 0 Å². The van der Waals surface area contributed by atoms with Gasteiger partial charge in [-0.1, -0.05) is 18.3 Å². The number of nitrogens with one attached hydrogen (secondary N) is 1. The quantitative estimate of drug-likeness (QED) is 0.847. The van der Waals surface area contributed by atoms with Crippen LogP contribution in [0.4, 0.5) is 18.3 Å². The Morgan fingerprint density at radius 2 is 2.25 bits per heavy atom. The van der Waals surface area contributed by atoms with Crippen LogP contribution < -0.4 is 5.32 Å². The highest BCUT2D eigenvalue weighted by Crippen LogP contribution is 2.20. The minimum Gasteiger partial charge on any atom is -0.366 e. The molecule has 1 N–H and O–H groups in total. The molecule has 0 fully saturated rings. The highest BCUT2D eigenvalue weighted by Gasteiger charge is 2.27. The largest absolute Gasteiger partial charge is 0.411 e. The van der Waals surface area contributed by atoms with Gasteiger partial charge in [0.25, 0.3) is 0 Å². The maximum absolute atomic E-state index is 11.8. The Balaban J connectivity index is 2.29. The lowest BCUT2D eigenvalue weighted by molar-refractivity contribution is -0.176. The summed E-state index contributed by atoms with van der Waals surface area (Å²) in [4.78, 5) is 4.70. The molecule has 16 heavy (non-hydrogen) atoms. The van der Waals surface area contributed by atoms with Gasteiger partial charge in [-0.05, 0) is 6.42 Å². The van der Waals surface area contributed by atoms with Crippen LogP contribution in [0.15, 0.2) is 6.20 Å². The molecule has 1 aromatic heterocycles. The lowest BCUT2D eigenvalue weighted by Gasteiger charge is -2.05. The van der Waals surface area contributed by atoms with E-state index in [0.29, 0.717) is 10.0 Å². The Morgan fingerprint density at radius 1 is 1.50 bits per heavy atom. The topological polar surface area (TPSA) is 34.2 Å². The lowest BCUT2D eigenvalue weighted by Crippen LogP contribution is -2.16. The van der Waals surface area contributed by atoms with Crippen molar-refractivity contribution in [3.05, 3.63) is 11.1 Å². The summed E-state index contributed by atoms with van der Waals surface area (Å²) in [6.07, 6.45) is -1.77. The summed E-state index contributed by atoms with van der Waals surface area (Å²) in [6, 6.07) is 0. The average molecular weight is 254 g/mol. The van der Waals surface area contributed by atoms with Crippen LogP contribution in [0, 0.1) is 0 Å². The van der Waals surface area contributed by atoms with Crippen molar-refractivity contribution in [3.63, 3.8) is 0 Å². The van der Waals surface area contributed by atoms with Crippen LogP contribution >= 0.6 is 11.3 Å². The van der Waals surface area contributed by atoms with E-state index in [0.717, 1.165) is 13.0 Å². The highest BCUT2D eigenvalue weighted by atomic mass is 32.1. The maximum Gasteiger partial charge on any atom is 0.411 e. The minimum atomic E-state index is -4.27. The number of aromatic nitrogens is 1. The van der Waals surface area contributed by atoms with Crippen LogP contribution in [-0.4, -0.2) is 24.3 Å². The van der Waals surface area contributed by atoms with Crippen LogP contribution in [0.1, 0.15) is 18.2 Å². The molecule has 0 atom stereocenters. The van der Waals surface area contributed by atoms with E-state index < -0.39 is 12.8 Å². The Kier molecular flexibility index (Phi) is 5.01. The number of ether oxygens (including phenoxy) is 1. The van der Waals surface area contributed by atoms with Gasteiger partial charge < -0.3 is 10.1 Å². The van der Waals surface area contributed by atoms with Gasteiger partial charge in [-0.3, -0.25) is 0 Å². The van der Waals surface area contributed by atoms with Crippen LogP contribution in [-0.2, 0) is 11.3 Å². The number of halogens is 3. The zero-order chi connectivity index (χ0) is 12.0. The Bertz CT molecular complexity index is 314. The zero-order valence-electron chi connectivity index (χ0n) is 8.80. The predicted octanol–water partition coefficient (Wildman–Crippen LogP) is 3.04. The molecule has 1 rings (SSSR count). The molecule has 92 valence electrons. The molecule has 0 saturated carbocycles. The summed E-state index contributed by atoms with van der Waals surface area (Å²) in [7, 11) is 0. The van der Waals surface area contributed by atoms with Crippen molar-refractivity contribution in [1.82, 2.24) is 4.98 Å². The van der Waals surface area contributed by atoms with Gasteiger partial charge in [-0.25, -0.2) is 4.98 Å². The van der Waals surface area contributed by atoms with Crippen LogP contribution in [0.25, 0.3) is 0 Å². The van der Waals surface area contributed by atoms with Crippen molar-refractivity contribution in [3.8, 4) is 0 Å². The Morgan fingerprint density at radius 3 is 2.88 bits per heavy atom. The van der Waals surface area contributed by atoms with Crippen molar-refractivity contribution in [2.45, 2.75) is 26.1 Å². The van der Waals surface area contributed by atoms with E-state index in [-0.39, 0.29) is 6.61 Å². The summed E-state index contributed by atoms with van der Waals surface area (Å²) >= 11 is 1.31. The zero-order valence-corrected chi connectivity index (χ0v) is 9.62. The molecule has 0 amide bonds. The van der Waals surface area contributed by atoms with Crippen molar-refractivity contribution >= 4 is 16.5 Å². The number of thiazole rings is 1. The molecule has 0 unspecified atom stereocenters. The standard InChI is InChI=1S/C9H13F3N2OS/c1-2-3-13-8-14-4-7(16-8)5-15-6-9(10,11)12/h4H,2-3,5-6H2,1H3,(H,13,14). The molecule has 0 bridgehead atoms. The number of rotatable bonds is 6. The number of alkyl halides is 3. The predicted molar refractivity (Wildman–Crippen MR) is 56.6 cm³/mol. The first-order valence-corrected chi connectivity index (χ1v) is 5.66. The summed E-state index contributed by atoms with van der Waals surface area (Å²) < 4.78 is 39.9. The second-order valence-electron chi connectivity index (χ2n) is 3.17. The van der Waals surface area contributed by atoms with Gasteiger partial charge in [0.1, 0.15) is 6.61 Å². The van der Waals surface area contributed by atoms with E-state index in [9.17, 15) is 13.2 Å². The molecule has 7 heteroatoms. The van der Waals surface area contributed by atoms with E-state index in [1.807, 2.05) is 6.92 Å². The number of hydrogen-bond acceptors (Lipinski definition) is 4. The van der Waals surface area contributed by atoms with E-state index >= 15 is 0 Å². The molecular weight excluding hydrogens is 241 g/mol. The Hall–Kier alpha value is -0.820. The fourth-order valence-corrected chi connectivity index (χ4v) is 1.73. The van der Waals surface area contributed by atoms with Crippen LogP contribution in [0.2, 0.25) is 0 Å². The van der Waals surface area contributed by atoms with Crippen molar-refractivity contribution in [2.24, 2.45) is 0 Å². The minimum absolute atomic E-state index is 0.0506. The second-order valence-corrected chi connectivity index (χ2v) is 4.28. The first kappa shape index (κ1) is 13.2. The third-order valence-electron chi connectivity index (χ3n) is 1.59. The van der Waals surface area contributed by atoms with Gasteiger partial charge in [0.15, 0.2) is 5.13 Å². The van der Waals surface area contributed by atoms with Gasteiger partial charge in [0, 0.05) is 12.7 Å². The third-order valence-corrected chi connectivity index (χ3v) is 2.52. The maximum atomic E-state index is 11.8. The van der Waals surface area contributed by atoms with Crippen molar-refractivity contribution < 1.29 is 17.9 Å². The normalized spacial score (nSPS) is 11.8. The van der Waals surface area contributed by atoms with E-state index in [1.165, 1.54) is 17.5 Å². The summed E-state index contributed by atoms with van der Waals surface area (Å²) in [6.45, 7) is 1.55. The first-order valence-electron chi connectivity index (χ1n) is 4.84. The monoisotopic (exact) mass is 254 g/mol. The average Bonchev–Trinajstić information content (AvgIpc) is 2.61. The number of nitrogens with zero attached hydrogens (tertiary/aromatic N) is 1. The Labute approximate surface area is 95.6 Å². The van der Waals surface area contributed by atoms with Crippen molar-refractivity contribution in [2.75, 3.05) is 18.5 Å². The fraction of sp³-hybridized carbons (Fsp3) is 0.667. The molecule has 0 aliphatic carbocycles. The smallest absolute Gasteiger partial charge is 0.366 e. The molecular formula is C9H13F3N2OS. The second kappa shape index (κ2) is 6.05. The molecule has 3 nitrogen and oxygen atoms in total. The molecule has 1 heterocycles. The fourth-order valence-electron chi connectivity index (χ4n) is 0.955. The van der Waals surface area contributed by atoms with Gasteiger partial charge >= 0.3 is 6.18 Å². The number of hydrogen-bond donors (Lipinski definition) is 1. The van der Waals surface area contributed by atoms with Gasteiger partial charge in [-0.2, -0.15) is 13.2 Å². The van der Waals surface area contributed by atoms with Gasteiger partial charge in [0.2, 0.25) is 0 Å². The van der Waals surface area contributed by atoms with E-state index in [2.05, 4.69) is 15.0 Å². The SMILES string of the molecule is CCCNc1ncc(COCC(F)(F)F)s1. The molecule has 0 aliphatic heterocycles. The van der Waals surface area contributed by atoms with E-state index in [4.69, 9.17) is 0 Å². The van der Waals surface area contributed by atoms with Crippen LogP contribution in [0.5, 0.6) is 0 Å². The molecule has 0 radical (unpaired) electrons. The molecule has 0 saturated heterocycles. The lowest BCUT2D eigenvalue weighted by atomic mass is 10.5. The molecule has 0 aromatic carbocycles. The number of anilines is 1. The van der Waals surface area contributed by atoms with E-state index in [1.54, 1.807) is 0 Å². The molecule has 1 aromatic rings. The third kappa shape index (κ3) is 5.32. The van der Waals surface area contributed by atoms with Gasteiger partial charge in [0.05, 0.1) is 11.5 Å². The van der Waals surface area contributed by atoms with Gasteiger partial charge in [-0.15, -0.1) is 0 Å². The summed E-state index contributed by atoms with van der Waals surface area (Å²) in [5.74, 6) is 0. The summed E-state index contributed by atoms with van der Waals surface area (Å²) in [5.41, 5.74) is 0. The summed E-state index contributed by atoms with van der Waals surface area (Å²) in [5, 5.41) is 3.77. The highest BCUT2D eigenvalue weighted by molar-refractivity contribution is 7.15.